The van der Waals surface area contributed by atoms with Crippen LogP contribution in [0.5, 0.6) is 0 Å². The van der Waals surface area contributed by atoms with E-state index in [4.69, 9.17) is 4.42 Å². The zero-order chi connectivity index (χ0) is 50.8. The molecular formula is C76H48O. The van der Waals surface area contributed by atoms with Gasteiger partial charge >= 0.3 is 0 Å². The van der Waals surface area contributed by atoms with Gasteiger partial charge in [0.1, 0.15) is 11.2 Å². The summed E-state index contributed by atoms with van der Waals surface area (Å²) in [5.41, 5.74) is 14.4. The quantitative estimate of drug-likeness (QED) is 0.157. The van der Waals surface area contributed by atoms with Crippen molar-refractivity contribution in [3.05, 3.63) is 291 Å². The molecule has 1 nitrogen and oxygen atoms in total. The van der Waals surface area contributed by atoms with Gasteiger partial charge in [0, 0.05) is 10.8 Å². The van der Waals surface area contributed by atoms with Gasteiger partial charge in [-0.25, -0.2) is 0 Å². The van der Waals surface area contributed by atoms with Gasteiger partial charge in [0.05, 0.1) is 0 Å². The second kappa shape index (κ2) is 18.4. The molecule has 0 spiro atoms. The van der Waals surface area contributed by atoms with Crippen LogP contribution in [0.3, 0.4) is 0 Å². The van der Waals surface area contributed by atoms with E-state index in [9.17, 15) is 0 Å². The Bertz CT molecular complexity index is 4860. The van der Waals surface area contributed by atoms with E-state index in [1.165, 1.54) is 136 Å². The van der Waals surface area contributed by atoms with Crippen molar-refractivity contribution in [1.29, 1.82) is 0 Å². The summed E-state index contributed by atoms with van der Waals surface area (Å²) in [7, 11) is 0. The predicted molar refractivity (Wildman–Crippen MR) is 330 cm³/mol. The van der Waals surface area contributed by atoms with Gasteiger partial charge in [0.15, 0.2) is 0 Å². The molecule has 1 heteroatoms. The molecule has 16 aromatic rings. The second-order valence-electron chi connectivity index (χ2n) is 20.2. The summed E-state index contributed by atoms with van der Waals surface area (Å²) in [5.74, 6) is 0. The van der Waals surface area contributed by atoms with E-state index in [2.05, 4.69) is 291 Å². The Morgan fingerprint density at radius 3 is 1.19 bits per heavy atom. The summed E-state index contributed by atoms with van der Waals surface area (Å²) in [4.78, 5) is 0. The maximum Gasteiger partial charge on any atom is 0.136 e. The monoisotopic (exact) mass is 976 g/mol. The number of rotatable bonds is 5. The standard InChI is InChI=1S/C40H26.C36H22O/c1-2-13-29-25-32(24-23-27(29)11-1)40-37-20-7-5-18-35(37)39(36-19-6-8-21-38(36)40)31-16-9-15-30(26-31)34-22-10-14-28-12-3-4-17-33(28)34;1-2-11-23(12-3-1)34-26-15-6-8-17-28(26)35(29-18-9-7-16-27(29)34)30-19-10-20-32-36(30)31-21-24-13-4-5-14-25(24)22-33(31)37-32/h1-26H;1-22H. The van der Waals surface area contributed by atoms with E-state index in [1.54, 1.807) is 0 Å². The maximum atomic E-state index is 6.44. The summed E-state index contributed by atoms with van der Waals surface area (Å²) >= 11 is 0. The number of furan rings is 1. The average molecular weight is 977 g/mol. The van der Waals surface area contributed by atoms with E-state index in [0.717, 1.165) is 16.6 Å². The van der Waals surface area contributed by atoms with Crippen molar-refractivity contribution in [2.75, 3.05) is 0 Å². The SMILES string of the molecule is c1cc(-c2cccc3ccccc23)cc(-c2c3ccccc3c(-c3ccc4ccccc4c3)c3ccccc23)c1.c1ccc(-c2c3ccccc3c(-c3cccc4oc5cc6ccccc6cc5c34)c3ccccc23)cc1. The van der Waals surface area contributed by atoms with E-state index >= 15 is 0 Å². The molecule has 1 heterocycles. The Morgan fingerprint density at radius 1 is 0.182 bits per heavy atom. The first kappa shape index (κ1) is 44.4. The largest absolute Gasteiger partial charge is 0.456 e. The summed E-state index contributed by atoms with van der Waals surface area (Å²) in [6.45, 7) is 0. The lowest BCUT2D eigenvalue weighted by Gasteiger charge is -2.18. The lowest BCUT2D eigenvalue weighted by molar-refractivity contribution is 0.669. The Labute approximate surface area is 446 Å². The van der Waals surface area contributed by atoms with Gasteiger partial charge in [-0.3, -0.25) is 0 Å². The topological polar surface area (TPSA) is 13.1 Å². The van der Waals surface area contributed by atoms with E-state index < -0.39 is 0 Å². The van der Waals surface area contributed by atoms with Crippen molar-refractivity contribution in [2.24, 2.45) is 0 Å². The molecule has 0 aliphatic rings. The summed E-state index contributed by atoms with van der Waals surface area (Å²) < 4.78 is 6.44. The number of hydrogen-bond acceptors (Lipinski definition) is 1. The van der Waals surface area contributed by atoms with Crippen molar-refractivity contribution < 1.29 is 4.42 Å². The number of benzene rings is 15. The van der Waals surface area contributed by atoms with E-state index in [1.807, 2.05) is 0 Å². The first-order valence-corrected chi connectivity index (χ1v) is 26.6. The van der Waals surface area contributed by atoms with Gasteiger partial charge in [-0.05, 0) is 161 Å². The molecule has 0 aliphatic carbocycles. The number of hydrogen-bond donors (Lipinski definition) is 0. The third-order valence-corrected chi connectivity index (χ3v) is 15.8. The second-order valence-corrected chi connectivity index (χ2v) is 20.2. The molecule has 0 saturated carbocycles. The number of fused-ring (bicyclic) bond motifs is 10. The van der Waals surface area contributed by atoms with E-state index in [-0.39, 0.29) is 0 Å². The molecule has 0 amide bonds. The lowest BCUT2D eigenvalue weighted by atomic mass is 9.85. The van der Waals surface area contributed by atoms with Gasteiger partial charge < -0.3 is 4.42 Å². The molecule has 0 radical (unpaired) electrons. The van der Waals surface area contributed by atoms with Crippen LogP contribution < -0.4 is 0 Å². The predicted octanol–water partition coefficient (Wildman–Crippen LogP) is 21.7. The zero-order valence-corrected chi connectivity index (χ0v) is 42.1. The highest BCUT2D eigenvalue weighted by Crippen LogP contribution is 2.48. The first-order chi connectivity index (χ1) is 38.2. The van der Waals surface area contributed by atoms with Crippen LogP contribution in [0.4, 0.5) is 0 Å². The molecule has 0 bridgehead atoms. The summed E-state index contributed by atoms with van der Waals surface area (Å²) in [5, 5.41) is 20.0. The van der Waals surface area contributed by atoms with Crippen LogP contribution in [0.1, 0.15) is 0 Å². The Morgan fingerprint density at radius 2 is 0.584 bits per heavy atom. The molecule has 16 rings (SSSR count). The van der Waals surface area contributed by atoms with Gasteiger partial charge in [-0.15, -0.1) is 0 Å². The Balaban J connectivity index is 0.000000135. The smallest absolute Gasteiger partial charge is 0.136 e. The summed E-state index contributed by atoms with van der Waals surface area (Å²) in [6, 6.07) is 105. The molecule has 0 unspecified atom stereocenters. The Kier molecular flexibility index (Phi) is 10.6. The highest BCUT2D eigenvalue weighted by molar-refractivity contribution is 6.27. The minimum Gasteiger partial charge on any atom is -0.456 e. The lowest BCUT2D eigenvalue weighted by Crippen LogP contribution is -1.91. The molecule has 15 aromatic carbocycles. The fourth-order valence-corrected chi connectivity index (χ4v) is 12.5. The average Bonchev–Trinajstić information content (AvgIpc) is 4.05. The third kappa shape index (κ3) is 7.47. The molecule has 77 heavy (non-hydrogen) atoms. The van der Waals surface area contributed by atoms with Crippen molar-refractivity contribution in [1.82, 2.24) is 0 Å². The maximum absolute atomic E-state index is 6.44. The Hall–Kier alpha value is -10.1. The zero-order valence-electron chi connectivity index (χ0n) is 42.1. The molecule has 1 aromatic heterocycles. The minimum absolute atomic E-state index is 0.920. The highest BCUT2D eigenvalue weighted by atomic mass is 16.3. The van der Waals surface area contributed by atoms with Gasteiger partial charge in [0.25, 0.3) is 0 Å². The molecular weight excluding hydrogens is 929 g/mol. The van der Waals surface area contributed by atoms with Crippen LogP contribution in [0.15, 0.2) is 296 Å². The molecule has 0 fully saturated rings. The molecule has 0 atom stereocenters. The van der Waals surface area contributed by atoms with Crippen molar-refractivity contribution >= 4 is 97.3 Å². The molecule has 0 aliphatic heterocycles. The molecule has 358 valence electrons. The first-order valence-electron chi connectivity index (χ1n) is 26.6. The van der Waals surface area contributed by atoms with Crippen LogP contribution in [-0.4, -0.2) is 0 Å². The highest BCUT2D eigenvalue weighted by Gasteiger charge is 2.21. The van der Waals surface area contributed by atoms with Crippen molar-refractivity contribution in [3.63, 3.8) is 0 Å². The molecule has 0 N–H and O–H groups in total. The van der Waals surface area contributed by atoms with Gasteiger partial charge in [-0.2, -0.15) is 0 Å². The minimum atomic E-state index is 0.920. The van der Waals surface area contributed by atoms with Crippen LogP contribution >= 0.6 is 0 Å². The van der Waals surface area contributed by atoms with Gasteiger partial charge in [-0.1, -0.05) is 261 Å². The van der Waals surface area contributed by atoms with Gasteiger partial charge in [0.2, 0.25) is 0 Å². The van der Waals surface area contributed by atoms with Crippen molar-refractivity contribution in [3.8, 4) is 55.6 Å². The van der Waals surface area contributed by atoms with E-state index in [0.29, 0.717) is 0 Å². The van der Waals surface area contributed by atoms with Crippen molar-refractivity contribution in [2.45, 2.75) is 0 Å². The van der Waals surface area contributed by atoms with Crippen LogP contribution in [0.2, 0.25) is 0 Å². The summed E-state index contributed by atoms with van der Waals surface area (Å²) in [6.07, 6.45) is 0. The fraction of sp³-hybridized carbons (Fsp3) is 0. The normalized spacial score (nSPS) is 11.6. The third-order valence-electron chi connectivity index (χ3n) is 15.8. The van der Waals surface area contributed by atoms with Crippen LogP contribution in [-0.2, 0) is 0 Å². The molecule has 0 saturated heterocycles. The van der Waals surface area contributed by atoms with Crippen LogP contribution in [0.25, 0.3) is 153 Å². The van der Waals surface area contributed by atoms with Crippen LogP contribution in [0, 0.1) is 0 Å². The fourth-order valence-electron chi connectivity index (χ4n) is 12.5.